The summed E-state index contributed by atoms with van der Waals surface area (Å²) in [4.78, 5) is 0. The van der Waals surface area contributed by atoms with Gasteiger partial charge in [-0.15, -0.1) is 5.10 Å². The molecule has 4 rings (SSSR count). The maximum atomic E-state index is 4.49. The van der Waals surface area contributed by atoms with Gasteiger partial charge in [-0.3, -0.25) is 0 Å². The highest BCUT2D eigenvalue weighted by Gasteiger charge is 2.37. The number of nitrogens with one attached hydrogen (secondary N) is 1. The van der Waals surface area contributed by atoms with Crippen LogP contribution in [0.1, 0.15) is 70.5 Å². The van der Waals surface area contributed by atoms with E-state index in [0.29, 0.717) is 6.04 Å². The molecule has 2 aromatic rings. The lowest BCUT2D eigenvalue weighted by Crippen LogP contribution is -2.33. The fraction of sp³-hybridized carbons (Fsp3) is 0.619. The SMILES string of the molecule is CC1(C)CCC(C)(C)c2cc(-c3cn(C4CCNCC4)nn3)ccc21. The van der Waals surface area contributed by atoms with Crippen LogP contribution < -0.4 is 5.32 Å². The summed E-state index contributed by atoms with van der Waals surface area (Å²) in [7, 11) is 0. The number of nitrogens with zero attached hydrogens (tertiary/aromatic N) is 3. The van der Waals surface area contributed by atoms with Crippen LogP contribution in [0, 0.1) is 0 Å². The summed E-state index contributed by atoms with van der Waals surface area (Å²) in [6.45, 7) is 11.6. The predicted octanol–water partition coefficient (Wildman–Crippen LogP) is 4.22. The lowest BCUT2D eigenvalue weighted by Gasteiger charge is -2.42. The lowest BCUT2D eigenvalue weighted by atomic mass is 9.63. The summed E-state index contributed by atoms with van der Waals surface area (Å²) in [5.41, 5.74) is 5.67. The zero-order valence-corrected chi connectivity index (χ0v) is 16.0. The minimum absolute atomic E-state index is 0.228. The van der Waals surface area contributed by atoms with Gasteiger partial charge in [0.25, 0.3) is 0 Å². The van der Waals surface area contributed by atoms with Gasteiger partial charge in [0.15, 0.2) is 0 Å². The van der Waals surface area contributed by atoms with E-state index in [-0.39, 0.29) is 10.8 Å². The molecule has 1 aliphatic heterocycles. The number of aromatic nitrogens is 3. The molecule has 0 radical (unpaired) electrons. The van der Waals surface area contributed by atoms with Gasteiger partial charge in [0.1, 0.15) is 5.69 Å². The van der Waals surface area contributed by atoms with Crippen molar-refractivity contribution in [2.45, 2.75) is 70.3 Å². The molecule has 1 saturated heterocycles. The molecular formula is C21H30N4. The van der Waals surface area contributed by atoms with E-state index in [1.54, 1.807) is 0 Å². The Bertz CT molecular complexity index is 766. The third-order valence-corrected chi connectivity index (χ3v) is 6.34. The highest BCUT2D eigenvalue weighted by Crippen LogP contribution is 2.46. The van der Waals surface area contributed by atoms with E-state index in [1.807, 2.05) is 0 Å². The molecule has 2 aliphatic rings. The molecule has 0 saturated carbocycles. The number of benzene rings is 1. The zero-order chi connectivity index (χ0) is 17.7. The summed E-state index contributed by atoms with van der Waals surface area (Å²) in [6.07, 6.45) is 6.89. The van der Waals surface area contributed by atoms with Gasteiger partial charge in [-0.05, 0) is 66.8 Å². The van der Waals surface area contributed by atoms with Gasteiger partial charge >= 0.3 is 0 Å². The van der Waals surface area contributed by atoms with E-state index in [4.69, 9.17) is 0 Å². The molecule has 0 bridgehead atoms. The summed E-state index contributed by atoms with van der Waals surface area (Å²) in [6, 6.07) is 7.41. The van der Waals surface area contributed by atoms with Crippen LogP contribution in [0.15, 0.2) is 24.4 Å². The smallest absolute Gasteiger partial charge is 0.113 e. The summed E-state index contributed by atoms with van der Waals surface area (Å²) >= 11 is 0. The van der Waals surface area contributed by atoms with Crippen LogP contribution in [0.5, 0.6) is 0 Å². The Hall–Kier alpha value is -1.68. The summed E-state index contributed by atoms with van der Waals surface area (Å²) in [5, 5.41) is 12.3. The largest absolute Gasteiger partial charge is 0.317 e. The van der Waals surface area contributed by atoms with E-state index in [1.165, 1.54) is 29.5 Å². The van der Waals surface area contributed by atoms with Gasteiger partial charge in [-0.25, -0.2) is 4.68 Å². The first kappa shape index (κ1) is 16.8. The van der Waals surface area contributed by atoms with Crippen molar-refractivity contribution < 1.29 is 0 Å². The number of fused-ring (bicyclic) bond motifs is 1. The van der Waals surface area contributed by atoms with Crippen molar-refractivity contribution in [1.29, 1.82) is 0 Å². The second kappa shape index (κ2) is 5.94. The lowest BCUT2D eigenvalue weighted by molar-refractivity contribution is 0.332. The minimum Gasteiger partial charge on any atom is -0.317 e. The van der Waals surface area contributed by atoms with Crippen molar-refractivity contribution in [3.63, 3.8) is 0 Å². The molecule has 1 aromatic carbocycles. The van der Waals surface area contributed by atoms with Crippen LogP contribution in [0.3, 0.4) is 0 Å². The van der Waals surface area contributed by atoms with Crippen molar-refractivity contribution in [2.75, 3.05) is 13.1 Å². The van der Waals surface area contributed by atoms with Gasteiger partial charge in [0, 0.05) is 5.56 Å². The van der Waals surface area contributed by atoms with E-state index in [9.17, 15) is 0 Å². The number of hydrogen-bond acceptors (Lipinski definition) is 3. The number of hydrogen-bond donors (Lipinski definition) is 1. The highest BCUT2D eigenvalue weighted by molar-refractivity contribution is 5.62. The molecule has 4 nitrogen and oxygen atoms in total. The van der Waals surface area contributed by atoms with Crippen molar-refractivity contribution in [3.05, 3.63) is 35.5 Å². The highest BCUT2D eigenvalue weighted by atomic mass is 15.4. The molecule has 0 spiro atoms. The summed E-state index contributed by atoms with van der Waals surface area (Å²) in [5.74, 6) is 0. The Balaban J connectivity index is 1.69. The fourth-order valence-electron chi connectivity index (χ4n) is 4.41. The maximum Gasteiger partial charge on any atom is 0.113 e. The Kier molecular flexibility index (Phi) is 3.99. The molecule has 1 aromatic heterocycles. The molecule has 25 heavy (non-hydrogen) atoms. The van der Waals surface area contributed by atoms with Crippen LogP contribution in [-0.2, 0) is 10.8 Å². The third kappa shape index (κ3) is 3.01. The molecule has 1 N–H and O–H groups in total. The van der Waals surface area contributed by atoms with Gasteiger partial charge in [0.2, 0.25) is 0 Å². The second-order valence-electron chi connectivity index (χ2n) is 9.09. The number of piperidine rings is 1. The molecule has 2 heterocycles. The molecule has 134 valence electrons. The van der Waals surface area contributed by atoms with Crippen LogP contribution in [0.25, 0.3) is 11.3 Å². The van der Waals surface area contributed by atoms with Crippen molar-refractivity contribution in [2.24, 2.45) is 0 Å². The van der Waals surface area contributed by atoms with Crippen molar-refractivity contribution >= 4 is 0 Å². The third-order valence-electron chi connectivity index (χ3n) is 6.34. The average Bonchev–Trinajstić information content (AvgIpc) is 3.10. The first-order valence-corrected chi connectivity index (χ1v) is 9.65. The van der Waals surface area contributed by atoms with Gasteiger partial charge in [0.05, 0.1) is 12.2 Å². The van der Waals surface area contributed by atoms with Crippen LogP contribution >= 0.6 is 0 Å². The molecule has 4 heteroatoms. The molecule has 0 unspecified atom stereocenters. The normalized spacial score (nSPS) is 22.6. The number of rotatable bonds is 2. The van der Waals surface area contributed by atoms with Gasteiger partial charge < -0.3 is 5.32 Å². The zero-order valence-electron chi connectivity index (χ0n) is 16.0. The van der Waals surface area contributed by atoms with Gasteiger partial charge in [-0.1, -0.05) is 45.0 Å². The first-order valence-electron chi connectivity index (χ1n) is 9.65. The van der Waals surface area contributed by atoms with Gasteiger partial charge in [-0.2, -0.15) is 0 Å². The fourth-order valence-corrected chi connectivity index (χ4v) is 4.41. The van der Waals surface area contributed by atoms with E-state index in [0.717, 1.165) is 31.6 Å². The van der Waals surface area contributed by atoms with Crippen molar-refractivity contribution in [1.82, 2.24) is 20.3 Å². The summed E-state index contributed by atoms with van der Waals surface area (Å²) < 4.78 is 2.07. The Morgan fingerprint density at radius 2 is 1.68 bits per heavy atom. The topological polar surface area (TPSA) is 42.7 Å². The molecule has 0 amide bonds. The van der Waals surface area contributed by atoms with Crippen LogP contribution in [0.2, 0.25) is 0 Å². The standard InChI is InChI=1S/C21H30N4/c1-20(2)9-10-21(3,4)18-13-15(5-6-17(18)20)19-14-25(24-23-19)16-7-11-22-12-8-16/h5-6,13-14,16,22H,7-12H2,1-4H3. The Labute approximate surface area is 151 Å². The predicted molar refractivity (Wildman–Crippen MR) is 102 cm³/mol. The molecular weight excluding hydrogens is 308 g/mol. The molecule has 0 atom stereocenters. The quantitative estimate of drug-likeness (QED) is 0.891. The molecule has 1 aliphatic carbocycles. The first-order chi connectivity index (χ1) is 11.9. The maximum absolute atomic E-state index is 4.49. The van der Waals surface area contributed by atoms with Crippen LogP contribution in [0.4, 0.5) is 0 Å². The Morgan fingerprint density at radius 1 is 1.00 bits per heavy atom. The monoisotopic (exact) mass is 338 g/mol. The van der Waals surface area contributed by atoms with E-state index < -0.39 is 0 Å². The van der Waals surface area contributed by atoms with Crippen molar-refractivity contribution in [3.8, 4) is 11.3 Å². The second-order valence-corrected chi connectivity index (χ2v) is 9.09. The van der Waals surface area contributed by atoms with Crippen LogP contribution in [-0.4, -0.2) is 28.1 Å². The average molecular weight is 338 g/mol. The minimum atomic E-state index is 0.228. The molecule has 1 fully saturated rings. The van der Waals surface area contributed by atoms with E-state index in [2.05, 4.69) is 72.4 Å². The Morgan fingerprint density at radius 3 is 2.40 bits per heavy atom. The van der Waals surface area contributed by atoms with E-state index >= 15 is 0 Å².